The number of amides is 1. The molecule has 5 heterocycles. The van der Waals surface area contributed by atoms with Gasteiger partial charge >= 0.3 is 29.8 Å². The summed E-state index contributed by atoms with van der Waals surface area (Å²) in [6, 6.07) is 36.1. The Morgan fingerprint density at radius 1 is 0.443 bits per heavy atom. The highest BCUT2D eigenvalue weighted by atomic mass is 79.9. The average molecular weight is 1870 g/mol. The van der Waals surface area contributed by atoms with Crippen molar-refractivity contribution in [1.29, 1.82) is 0 Å². The first-order valence-electron chi connectivity index (χ1n) is 32.4. The van der Waals surface area contributed by atoms with E-state index in [0.29, 0.717) is 78.5 Å². The van der Waals surface area contributed by atoms with Gasteiger partial charge in [0.15, 0.2) is 11.1 Å². The summed E-state index contributed by atoms with van der Waals surface area (Å²) in [5.41, 5.74) is 17.3. The molecule has 3 N–H and O–H groups in total. The molecule has 10 aromatic rings. The first-order chi connectivity index (χ1) is 53.9. The number of hydrogen-bond donors (Lipinski definition) is 2. The van der Waals surface area contributed by atoms with Crippen molar-refractivity contribution in [3.05, 3.63) is 270 Å². The van der Waals surface area contributed by atoms with E-state index in [-0.39, 0.29) is 68.3 Å². The Labute approximate surface area is 718 Å². The van der Waals surface area contributed by atoms with Gasteiger partial charge in [0.25, 0.3) is 0 Å². The van der Waals surface area contributed by atoms with Crippen molar-refractivity contribution in [1.82, 2.24) is 30.2 Å². The van der Waals surface area contributed by atoms with Crippen molar-refractivity contribution in [3.8, 4) is 56.3 Å². The molecule has 1 amide bonds. The third-order valence-electron chi connectivity index (χ3n) is 16.5. The zero-order valence-corrected chi connectivity index (χ0v) is 71.2. The Bertz CT molecular complexity index is 5270. The van der Waals surface area contributed by atoms with Gasteiger partial charge in [0.05, 0.1) is 95.0 Å². The van der Waals surface area contributed by atoms with Crippen LogP contribution in [0.5, 0.6) is 0 Å². The number of nitrogens with two attached hydrogens (primary N) is 1. The van der Waals surface area contributed by atoms with Crippen LogP contribution in [0, 0.1) is 29.1 Å². The molecule has 5 unspecified atom stereocenters. The number of aromatic nitrogens is 5. The highest BCUT2D eigenvalue weighted by Crippen LogP contribution is 2.39. The van der Waals surface area contributed by atoms with Gasteiger partial charge in [0.1, 0.15) is 70.6 Å². The maximum Gasteiger partial charge on any atom is 0.336 e. The lowest BCUT2D eigenvalue weighted by Gasteiger charge is -2.28. The third-order valence-corrected chi connectivity index (χ3v) is 20.0. The van der Waals surface area contributed by atoms with Crippen molar-refractivity contribution in [3.63, 3.8) is 0 Å². The second kappa shape index (κ2) is 41.9. The number of carbonyl (C=O) groups excluding carboxylic acids is 6. The van der Waals surface area contributed by atoms with Crippen LogP contribution in [0.15, 0.2) is 157 Å². The van der Waals surface area contributed by atoms with Crippen LogP contribution < -0.4 is 11.1 Å². The zero-order chi connectivity index (χ0) is 85.9. The molecule has 5 atom stereocenters. The van der Waals surface area contributed by atoms with Crippen LogP contribution in [0.25, 0.3) is 66.7 Å². The molecule has 0 radical (unpaired) electrons. The molecule has 21 nitrogen and oxygen atoms in total. The van der Waals surface area contributed by atoms with Crippen LogP contribution in [0.3, 0.4) is 0 Å². The molecular weight excluding hydrogens is 1810 g/mol. The topological polar surface area (TPSA) is 300 Å². The highest BCUT2D eigenvalue weighted by Gasteiger charge is 2.40. The molecule has 0 bridgehead atoms. The number of benzene rings is 5. The lowest BCUT2D eigenvalue weighted by Crippen LogP contribution is -2.50. The van der Waals surface area contributed by atoms with Crippen molar-refractivity contribution >= 4 is 179 Å². The highest BCUT2D eigenvalue weighted by molar-refractivity contribution is 9.10. The lowest BCUT2D eigenvalue weighted by molar-refractivity contribution is -0.150. The summed E-state index contributed by atoms with van der Waals surface area (Å²) in [5, 5.41) is 6.53. The predicted octanol–water partition coefficient (Wildman–Crippen LogP) is 21.8. The molecule has 38 heteroatoms. The molecule has 5 aromatic carbocycles. The molecule has 115 heavy (non-hydrogen) atoms. The SMILES string of the molecule is COC(=O)C(C)(Br)c1cc(Cl)nc(-c2ccc(F)c(Cl)c2)c1.COC(=O)C(C)(N)c1cc(Cl)nc(-c2ccc(F)c(Cl)c2)c1.COC(=O)C(C)(N=[N+]=[N-])c1cc(Cl)nc(-c2ccc(F)c(Cl)c2)c1.COC(=O)C(C)(NC(=O)CCl)c1cc(Cl)nc(-c2ccc(F)c(Cl)c2)c1.COC(=O)C(C)c1cc(Cl)nc(-c2ccc(F)c(Cl)c2)c1. The maximum absolute atomic E-state index is 13.4. The van der Waals surface area contributed by atoms with Gasteiger partial charge in [-0.25, -0.2) is 56.5 Å². The molecule has 0 aliphatic rings. The molecule has 0 aliphatic carbocycles. The van der Waals surface area contributed by atoms with Gasteiger partial charge in [-0.3, -0.25) is 19.2 Å². The van der Waals surface area contributed by atoms with Gasteiger partial charge < -0.3 is 34.7 Å². The number of carbonyl (C=O) groups is 6. The average Bonchev–Trinajstić information content (AvgIpc) is 0.755. The summed E-state index contributed by atoms with van der Waals surface area (Å²) >= 11 is 67.9. The number of hydrogen-bond acceptors (Lipinski definition) is 18. The van der Waals surface area contributed by atoms with Gasteiger partial charge in [-0.15, -0.1) is 11.6 Å². The molecule has 5 aromatic heterocycles. The van der Waals surface area contributed by atoms with Crippen LogP contribution in [-0.4, -0.2) is 102 Å². The van der Waals surface area contributed by atoms with E-state index in [1.807, 2.05) is 0 Å². The standard InChI is InChI=1S/C17H14Cl3FN2O3.C15H11BrCl2FNO2.C15H11Cl2FN4O2.C15H13Cl2FN2O2.C15H12Cl2FNO2/c1-17(16(25)26-2,23-15(24)8-18)10-6-13(22-14(20)7-10)9-3-4-12(21)11(19)5-9;1-15(16,14(21)22-2)9-6-12(20-13(18)7-9)8-3-4-11(19)10(17)5-8;1-15(21-22-19,14(23)24-2)9-6-12(20-13(17)7-9)8-3-4-11(18)10(16)5-8;1-15(19,14(21)22-2)9-6-12(20-13(17)7-9)8-3-4-11(18)10(16)5-8;1-8(15(20)21-2)10-6-13(19-14(17)7-10)9-3-4-12(18)11(16)5-9/h3-7H,8H2,1-2H3,(H,23,24);3-7H,1-2H3;3-7H,1-2H3;3-7H,19H2,1-2H3;3-8H,1-2H3. The number of azide groups is 1. The zero-order valence-electron chi connectivity index (χ0n) is 61.3. The Hall–Kier alpha value is -8.74. The van der Waals surface area contributed by atoms with Gasteiger partial charge in [0, 0.05) is 32.7 Å². The summed E-state index contributed by atoms with van der Waals surface area (Å²) in [5.74, 6) is -7.05. The number of nitrogens with one attached hydrogen (secondary N) is 1. The Morgan fingerprint density at radius 3 is 1.08 bits per heavy atom. The number of halogens is 17. The second-order valence-electron chi connectivity index (χ2n) is 24.5. The molecule has 0 aliphatic heterocycles. The van der Waals surface area contributed by atoms with Gasteiger partial charge in [-0.05, 0) is 220 Å². The molecule has 0 spiro atoms. The summed E-state index contributed by atoms with van der Waals surface area (Å²) in [4.78, 5) is 95.0. The number of nitrogens with zero attached hydrogens (tertiary/aromatic N) is 8. The summed E-state index contributed by atoms with van der Waals surface area (Å²) in [6.07, 6.45) is 0. The van der Waals surface area contributed by atoms with Crippen molar-refractivity contribution in [2.75, 3.05) is 41.4 Å². The summed E-state index contributed by atoms with van der Waals surface area (Å²) in [6.45, 7) is 7.71. The van der Waals surface area contributed by atoms with Crippen LogP contribution in [0.4, 0.5) is 22.0 Å². The smallest absolute Gasteiger partial charge is 0.336 e. The number of methoxy groups -OCH3 is 5. The van der Waals surface area contributed by atoms with Gasteiger partial charge in [-0.1, -0.05) is 137 Å². The fourth-order valence-electron chi connectivity index (χ4n) is 10.1. The largest absolute Gasteiger partial charge is 0.469 e. The Morgan fingerprint density at radius 2 is 0.748 bits per heavy atom. The van der Waals surface area contributed by atoms with Gasteiger partial charge in [-0.2, -0.15) is 0 Å². The summed E-state index contributed by atoms with van der Waals surface area (Å²) in [7, 11) is 6.23. The predicted molar refractivity (Wildman–Crippen MR) is 437 cm³/mol. The molecule has 10 rings (SSSR count). The minimum absolute atomic E-state index is 0.00292. The van der Waals surface area contributed by atoms with E-state index in [1.165, 1.54) is 172 Å². The van der Waals surface area contributed by atoms with Crippen LogP contribution in [0.1, 0.15) is 68.4 Å². The minimum Gasteiger partial charge on any atom is -0.469 e. The van der Waals surface area contributed by atoms with E-state index in [1.54, 1.807) is 50.2 Å². The van der Waals surface area contributed by atoms with Crippen LogP contribution in [-0.2, 0) is 73.4 Å². The maximum atomic E-state index is 13.4. The number of ether oxygens (including phenoxy) is 5. The van der Waals surface area contributed by atoms with E-state index >= 15 is 0 Å². The normalized spacial score (nSPS) is 13.0. The quantitative estimate of drug-likeness (QED) is 0.0118. The molecule has 0 saturated heterocycles. The number of pyridine rings is 5. The molecular formula is C77H61BrCl11F5N10O11. The summed E-state index contributed by atoms with van der Waals surface area (Å²) < 4.78 is 89.1. The number of esters is 5. The third kappa shape index (κ3) is 24.7. The number of rotatable bonds is 18. The minimum atomic E-state index is -1.63. The Balaban J connectivity index is 0.000000224. The first kappa shape index (κ1) is 95.1. The molecule has 0 saturated carbocycles. The van der Waals surface area contributed by atoms with E-state index in [4.69, 9.17) is 163 Å². The van der Waals surface area contributed by atoms with Crippen molar-refractivity contribution in [2.45, 2.75) is 61.5 Å². The first-order valence-corrected chi connectivity index (χ1v) is 37.6. The Kier molecular flexibility index (Phi) is 34.6. The van der Waals surface area contributed by atoms with E-state index < -0.39 is 85.7 Å². The van der Waals surface area contributed by atoms with Crippen molar-refractivity contribution < 1.29 is 74.4 Å². The molecule has 0 fully saturated rings. The second-order valence-corrected chi connectivity index (χ2v) is 30.3. The number of alkyl halides is 2. The lowest BCUT2D eigenvalue weighted by atomic mass is 9.91. The fourth-order valence-corrected chi connectivity index (χ4v) is 12.5. The van der Waals surface area contributed by atoms with Gasteiger partial charge in [0.2, 0.25) is 5.91 Å². The molecule has 604 valence electrons. The van der Waals surface area contributed by atoms with Crippen molar-refractivity contribution in [2.24, 2.45) is 10.8 Å². The fraction of sp³-hybridized carbons (Fsp3) is 0.208. The van der Waals surface area contributed by atoms with E-state index in [0.717, 1.165) is 0 Å². The van der Waals surface area contributed by atoms with Crippen LogP contribution >= 0.6 is 144 Å². The van der Waals surface area contributed by atoms with Crippen LogP contribution in [0.2, 0.25) is 50.9 Å². The van der Waals surface area contributed by atoms with E-state index in [9.17, 15) is 50.7 Å². The monoisotopic (exact) mass is 1860 g/mol. The van der Waals surface area contributed by atoms with E-state index in [2.05, 4.69) is 56.2 Å².